The van der Waals surface area contributed by atoms with Gasteiger partial charge in [0.2, 0.25) is 0 Å². The van der Waals surface area contributed by atoms with Gasteiger partial charge in [0.25, 0.3) is 0 Å². The van der Waals surface area contributed by atoms with Crippen molar-refractivity contribution in [3.05, 3.63) is 33.9 Å². The Kier molecular flexibility index (Phi) is 6.64. The summed E-state index contributed by atoms with van der Waals surface area (Å²) in [6.45, 7) is -1.28. The SMILES string of the molecule is Ic1ccccc1.O=C(O)CF. The first-order valence-electron chi connectivity index (χ1n) is 3.15. The van der Waals surface area contributed by atoms with Crippen molar-refractivity contribution >= 4 is 28.6 Å². The number of rotatable bonds is 1. The second kappa shape index (κ2) is 7.02. The molecule has 66 valence electrons. The number of carboxylic acid groups (broad SMARTS) is 1. The highest BCUT2D eigenvalue weighted by atomic mass is 127. The molecule has 0 heterocycles. The lowest BCUT2D eigenvalue weighted by Crippen LogP contribution is -1.93. The van der Waals surface area contributed by atoms with Crippen molar-refractivity contribution in [1.82, 2.24) is 0 Å². The van der Waals surface area contributed by atoms with Gasteiger partial charge in [-0.2, -0.15) is 0 Å². The number of aliphatic carboxylic acids is 1. The summed E-state index contributed by atoms with van der Waals surface area (Å²) in [4.78, 5) is 8.99. The fraction of sp³-hybridized carbons (Fsp3) is 0.125. The molecule has 1 rings (SSSR count). The predicted molar refractivity (Wildman–Crippen MR) is 52.8 cm³/mol. The van der Waals surface area contributed by atoms with Crippen molar-refractivity contribution < 1.29 is 14.3 Å². The average molecular weight is 282 g/mol. The van der Waals surface area contributed by atoms with Gasteiger partial charge in [-0.25, -0.2) is 9.18 Å². The number of carboxylic acids is 1. The first kappa shape index (κ1) is 11.4. The summed E-state index contributed by atoms with van der Waals surface area (Å²) in [5, 5.41) is 7.35. The first-order chi connectivity index (χ1) is 5.66. The van der Waals surface area contributed by atoms with Gasteiger partial charge in [-0.15, -0.1) is 0 Å². The lowest BCUT2D eigenvalue weighted by atomic mass is 10.4. The second-order valence-corrected chi connectivity index (χ2v) is 3.07. The molecule has 0 aromatic heterocycles. The van der Waals surface area contributed by atoms with Gasteiger partial charge in [-0.1, -0.05) is 18.2 Å². The van der Waals surface area contributed by atoms with Crippen molar-refractivity contribution in [2.45, 2.75) is 0 Å². The molecule has 0 atom stereocenters. The molecule has 0 aliphatic carbocycles. The molecule has 0 saturated carbocycles. The number of halogens is 2. The molecule has 12 heavy (non-hydrogen) atoms. The van der Waals surface area contributed by atoms with Crippen LogP contribution in [0, 0.1) is 3.57 Å². The zero-order chi connectivity index (χ0) is 9.40. The van der Waals surface area contributed by atoms with E-state index >= 15 is 0 Å². The average Bonchev–Trinajstić information content (AvgIpc) is 2.07. The molecule has 0 amide bonds. The Balaban J connectivity index is 0.000000217. The molecule has 1 aromatic rings. The Hall–Kier alpha value is -0.650. The third kappa shape index (κ3) is 7.46. The number of alkyl halides is 1. The van der Waals surface area contributed by atoms with Gasteiger partial charge in [0.05, 0.1) is 0 Å². The van der Waals surface area contributed by atoms with Gasteiger partial charge in [-0.3, -0.25) is 0 Å². The predicted octanol–water partition coefficient (Wildman–Crippen LogP) is 2.33. The standard InChI is InChI=1S/C6H5I.C2H3FO2/c7-6-4-2-1-3-5-6;3-1-2(4)5/h1-5H;1H2,(H,4,5). The molecule has 0 unspecified atom stereocenters. The van der Waals surface area contributed by atoms with Gasteiger partial charge in [-0.05, 0) is 34.7 Å². The monoisotopic (exact) mass is 282 g/mol. The quantitative estimate of drug-likeness (QED) is 0.803. The van der Waals surface area contributed by atoms with Crippen molar-refractivity contribution in [2.75, 3.05) is 6.67 Å². The second-order valence-electron chi connectivity index (χ2n) is 1.82. The van der Waals surface area contributed by atoms with E-state index in [0.717, 1.165) is 0 Å². The summed E-state index contributed by atoms with van der Waals surface area (Å²) in [7, 11) is 0. The highest BCUT2D eigenvalue weighted by Crippen LogP contribution is 1.99. The number of carbonyl (C=O) groups is 1. The largest absolute Gasteiger partial charge is 0.479 e. The summed E-state index contributed by atoms with van der Waals surface area (Å²) in [5.41, 5.74) is 0. The fourth-order valence-electron chi connectivity index (χ4n) is 0.415. The first-order valence-corrected chi connectivity index (χ1v) is 4.23. The van der Waals surface area contributed by atoms with E-state index < -0.39 is 12.6 Å². The van der Waals surface area contributed by atoms with Gasteiger partial charge < -0.3 is 5.11 Å². The molecular weight excluding hydrogens is 274 g/mol. The van der Waals surface area contributed by atoms with Crippen LogP contribution in [0.15, 0.2) is 30.3 Å². The van der Waals surface area contributed by atoms with E-state index in [2.05, 4.69) is 34.7 Å². The van der Waals surface area contributed by atoms with Gasteiger partial charge in [0, 0.05) is 3.57 Å². The summed E-state index contributed by atoms with van der Waals surface area (Å²) < 4.78 is 11.8. The van der Waals surface area contributed by atoms with E-state index in [-0.39, 0.29) is 0 Å². The topological polar surface area (TPSA) is 37.3 Å². The normalized spacial score (nSPS) is 8.17. The maximum Gasteiger partial charge on any atom is 0.335 e. The molecule has 0 saturated heterocycles. The van der Waals surface area contributed by atoms with E-state index in [0.29, 0.717) is 0 Å². The van der Waals surface area contributed by atoms with Crippen molar-refractivity contribution in [1.29, 1.82) is 0 Å². The van der Waals surface area contributed by atoms with Crippen LogP contribution in [0.2, 0.25) is 0 Å². The van der Waals surface area contributed by atoms with Crippen LogP contribution in [0.1, 0.15) is 0 Å². The van der Waals surface area contributed by atoms with E-state index in [1.54, 1.807) is 0 Å². The minimum Gasteiger partial charge on any atom is -0.479 e. The van der Waals surface area contributed by atoms with Crippen LogP contribution >= 0.6 is 22.6 Å². The van der Waals surface area contributed by atoms with E-state index in [4.69, 9.17) is 9.90 Å². The van der Waals surface area contributed by atoms with Crippen molar-refractivity contribution in [3.63, 3.8) is 0 Å². The molecule has 0 spiro atoms. The van der Waals surface area contributed by atoms with Crippen molar-refractivity contribution in [3.8, 4) is 0 Å². The highest BCUT2D eigenvalue weighted by Gasteiger charge is 1.85. The van der Waals surface area contributed by atoms with E-state index in [9.17, 15) is 4.39 Å². The van der Waals surface area contributed by atoms with Crippen LogP contribution in [0.3, 0.4) is 0 Å². The Labute approximate surface area is 83.6 Å². The van der Waals surface area contributed by atoms with Crippen molar-refractivity contribution in [2.24, 2.45) is 0 Å². The highest BCUT2D eigenvalue weighted by molar-refractivity contribution is 14.1. The zero-order valence-electron chi connectivity index (χ0n) is 6.21. The lowest BCUT2D eigenvalue weighted by Gasteiger charge is -1.80. The molecule has 0 fully saturated rings. The maximum absolute atomic E-state index is 10.5. The Morgan fingerprint density at radius 3 is 2.00 bits per heavy atom. The molecule has 0 aliphatic rings. The number of hydrogen-bond donors (Lipinski definition) is 1. The van der Waals surface area contributed by atoms with Crippen LogP contribution < -0.4 is 0 Å². The van der Waals surface area contributed by atoms with E-state index in [1.165, 1.54) is 3.57 Å². The molecule has 1 aromatic carbocycles. The molecule has 0 aliphatic heterocycles. The van der Waals surface area contributed by atoms with Gasteiger partial charge >= 0.3 is 5.97 Å². The summed E-state index contributed by atoms with van der Waals surface area (Å²) in [6, 6.07) is 10.2. The zero-order valence-corrected chi connectivity index (χ0v) is 8.36. The van der Waals surface area contributed by atoms with Crippen LogP contribution in [-0.2, 0) is 4.79 Å². The third-order valence-corrected chi connectivity index (χ3v) is 1.57. The van der Waals surface area contributed by atoms with E-state index in [1.807, 2.05) is 18.2 Å². The molecule has 0 bridgehead atoms. The minimum absolute atomic E-state index is 1.28. The van der Waals surface area contributed by atoms with Gasteiger partial charge in [0.1, 0.15) is 0 Å². The third-order valence-electron chi connectivity index (χ3n) is 0.847. The Bertz CT molecular complexity index is 226. The summed E-state index contributed by atoms with van der Waals surface area (Å²) in [6.07, 6.45) is 0. The van der Waals surface area contributed by atoms with Gasteiger partial charge in [0.15, 0.2) is 6.67 Å². The van der Waals surface area contributed by atoms with Crippen LogP contribution in [-0.4, -0.2) is 17.8 Å². The van der Waals surface area contributed by atoms with Crippen LogP contribution in [0.5, 0.6) is 0 Å². The molecule has 0 radical (unpaired) electrons. The lowest BCUT2D eigenvalue weighted by molar-refractivity contribution is -0.137. The Morgan fingerprint density at radius 1 is 1.42 bits per heavy atom. The fourth-order valence-corrected chi connectivity index (χ4v) is 0.830. The maximum atomic E-state index is 10.5. The van der Waals surface area contributed by atoms with Crippen LogP contribution in [0.4, 0.5) is 4.39 Å². The molecular formula is C8H8FIO2. The molecule has 1 N–H and O–H groups in total. The molecule has 2 nitrogen and oxygen atoms in total. The minimum atomic E-state index is -1.41. The smallest absolute Gasteiger partial charge is 0.335 e. The Morgan fingerprint density at radius 2 is 1.83 bits per heavy atom. The number of hydrogen-bond acceptors (Lipinski definition) is 1. The molecule has 4 heteroatoms. The number of benzene rings is 1. The van der Waals surface area contributed by atoms with Crippen LogP contribution in [0.25, 0.3) is 0 Å². The summed E-state index contributed by atoms with van der Waals surface area (Å²) >= 11 is 2.28. The summed E-state index contributed by atoms with van der Waals surface area (Å²) in [5.74, 6) is -1.41.